The number of rotatable bonds is 7. The summed E-state index contributed by atoms with van der Waals surface area (Å²) in [5.74, 6) is -0.484. The maximum Gasteiger partial charge on any atom is 0.270 e. The number of benzene rings is 1. The molecule has 0 spiro atoms. The van der Waals surface area contributed by atoms with Crippen molar-refractivity contribution in [1.82, 2.24) is 9.58 Å². The smallest absolute Gasteiger partial charge is 0.270 e. The normalized spacial score (nSPS) is 17.3. The zero-order valence-corrected chi connectivity index (χ0v) is 19.0. The summed E-state index contributed by atoms with van der Waals surface area (Å²) in [5, 5.41) is 29.7. The third-order valence-electron chi connectivity index (χ3n) is 5.05. The Bertz CT molecular complexity index is 1230. The number of nitrogens with zero attached hydrogens (tertiary/aromatic N) is 5. The van der Waals surface area contributed by atoms with Gasteiger partial charge in [-0.2, -0.15) is 9.78 Å². The van der Waals surface area contributed by atoms with E-state index in [2.05, 4.69) is 20.5 Å². The Hall–Kier alpha value is -3.26. The average Bonchev–Trinajstić information content (AvgIpc) is 3.38. The van der Waals surface area contributed by atoms with Gasteiger partial charge >= 0.3 is 0 Å². The number of non-ortho nitro benzene ring substituents is 1. The first-order valence-electron chi connectivity index (χ1n) is 10.0. The lowest BCUT2D eigenvalue weighted by Gasteiger charge is -2.26. The van der Waals surface area contributed by atoms with E-state index in [-0.39, 0.29) is 27.8 Å². The number of nitro groups is 1. The van der Waals surface area contributed by atoms with Crippen LogP contribution in [0.1, 0.15) is 16.9 Å². The summed E-state index contributed by atoms with van der Waals surface area (Å²) in [7, 11) is 0. The summed E-state index contributed by atoms with van der Waals surface area (Å²) in [6, 6.07) is 6.05. The molecule has 2 aliphatic heterocycles. The van der Waals surface area contributed by atoms with E-state index in [9.17, 15) is 20.0 Å². The Kier molecular flexibility index (Phi) is 7.03. The lowest BCUT2D eigenvalue weighted by molar-refractivity contribution is -0.384. The Labute approximate surface area is 197 Å². The van der Waals surface area contributed by atoms with Crippen LogP contribution in [0.2, 0.25) is 0 Å². The molecule has 11 nitrogen and oxygen atoms in total. The van der Waals surface area contributed by atoms with Crippen LogP contribution in [0.25, 0.3) is 6.08 Å². The lowest BCUT2D eigenvalue weighted by Crippen LogP contribution is -2.38. The van der Waals surface area contributed by atoms with Gasteiger partial charge in [-0.15, -0.1) is 5.10 Å². The lowest BCUT2D eigenvalue weighted by atomic mass is 10.0. The molecule has 2 aromatic rings. The van der Waals surface area contributed by atoms with E-state index >= 15 is 0 Å². The minimum atomic E-state index is -0.484. The number of nitro benzene ring substituents is 1. The molecule has 0 bridgehead atoms. The topological polar surface area (TPSA) is 135 Å². The van der Waals surface area contributed by atoms with Gasteiger partial charge in [-0.05, 0) is 18.3 Å². The fourth-order valence-electron chi connectivity index (χ4n) is 3.35. The maximum absolute atomic E-state index is 12.4. The third kappa shape index (κ3) is 5.39. The molecule has 0 aliphatic carbocycles. The summed E-state index contributed by atoms with van der Waals surface area (Å²) in [6.45, 7) is 3.46. The van der Waals surface area contributed by atoms with Gasteiger partial charge in [0, 0.05) is 49.3 Å². The van der Waals surface area contributed by atoms with Crippen LogP contribution in [0.5, 0.6) is 5.88 Å². The van der Waals surface area contributed by atoms with Gasteiger partial charge in [-0.1, -0.05) is 23.5 Å². The number of carbonyl (C=O) groups excluding carboxylic acids is 1. The summed E-state index contributed by atoms with van der Waals surface area (Å²) in [4.78, 5) is 25.5. The number of amides is 1. The summed E-state index contributed by atoms with van der Waals surface area (Å²) < 4.78 is 6.74. The van der Waals surface area contributed by atoms with Crippen molar-refractivity contribution < 1.29 is 19.6 Å². The third-order valence-corrected chi connectivity index (χ3v) is 6.36. The van der Waals surface area contributed by atoms with E-state index in [4.69, 9.17) is 17.0 Å². The zero-order valence-electron chi connectivity index (χ0n) is 17.3. The minimum Gasteiger partial charge on any atom is -0.492 e. The summed E-state index contributed by atoms with van der Waals surface area (Å²) >= 11 is 6.42. The molecule has 1 saturated heterocycles. The van der Waals surface area contributed by atoms with Gasteiger partial charge in [0.25, 0.3) is 5.69 Å². The van der Waals surface area contributed by atoms with Gasteiger partial charge < -0.3 is 9.84 Å². The number of ether oxygens (including phenoxy) is 1. The molecule has 1 fully saturated rings. The molecule has 0 radical (unpaired) electrons. The number of allylic oxidation sites excluding steroid dienone is 1. The van der Waals surface area contributed by atoms with Crippen LogP contribution in [-0.2, 0) is 9.53 Å². The van der Waals surface area contributed by atoms with E-state index in [0.717, 1.165) is 24.4 Å². The highest BCUT2D eigenvalue weighted by molar-refractivity contribution is 7.73. The molecule has 2 aliphatic rings. The van der Waals surface area contributed by atoms with Crippen molar-refractivity contribution in [2.45, 2.75) is 6.42 Å². The van der Waals surface area contributed by atoms with Crippen molar-refractivity contribution in [1.29, 1.82) is 0 Å². The highest BCUT2D eigenvalue weighted by Crippen LogP contribution is 2.29. The second-order valence-corrected chi connectivity index (χ2v) is 8.91. The number of morpholine rings is 1. The molecule has 2 N–H and O–H groups in total. The van der Waals surface area contributed by atoms with Crippen molar-refractivity contribution in [2.24, 2.45) is 10.2 Å². The van der Waals surface area contributed by atoms with E-state index in [1.165, 1.54) is 23.0 Å². The quantitative estimate of drug-likeness (QED) is 0.347. The molecule has 33 heavy (non-hydrogen) atoms. The molecule has 172 valence electrons. The Morgan fingerprint density at radius 3 is 2.94 bits per heavy atom. The second kappa shape index (κ2) is 10.1. The number of nitrogens with one attached hydrogen (secondary N) is 1. The van der Waals surface area contributed by atoms with Crippen molar-refractivity contribution in [3.63, 3.8) is 0 Å². The van der Waals surface area contributed by atoms with Crippen LogP contribution < -0.4 is 5.43 Å². The Balaban J connectivity index is 1.49. The number of carbonyl (C=O) groups is 1. The van der Waals surface area contributed by atoms with Gasteiger partial charge in [-0.25, -0.2) is 0 Å². The van der Waals surface area contributed by atoms with E-state index in [0.29, 0.717) is 41.5 Å². The van der Waals surface area contributed by atoms with Gasteiger partial charge in [0.15, 0.2) is 3.95 Å². The van der Waals surface area contributed by atoms with Crippen LogP contribution >= 0.6 is 23.6 Å². The number of hydrogen-bond acceptors (Lipinski definition) is 10. The first-order chi connectivity index (χ1) is 15.9. The summed E-state index contributed by atoms with van der Waals surface area (Å²) in [6.07, 6.45) is 3.37. The molecule has 0 atom stereocenters. The van der Waals surface area contributed by atoms with Gasteiger partial charge in [0.1, 0.15) is 5.71 Å². The zero-order chi connectivity index (χ0) is 23.4. The number of thiazole rings is 1. The number of aromatic nitrogens is 1. The van der Waals surface area contributed by atoms with Crippen LogP contribution in [0.3, 0.4) is 0 Å². The largest absolute Gasteiger partial charge is 0.492 e. The molecule has 13 heteroatoms. The number of hydrogen-bond donors (Lipinski definition) is 2. The van der Waals surface area contributed by atoms with Crippen LogP contribution in [0.15, 0.2) is 40.0 Å². The Morgan fingerprint density at radius 1 is 1.39 bits per heavy atom. The Morgan fingerprint density at radius 2 is 2.18 bits per heavy atom. The molecule has 0 saturated carbocycles. The second-order valence-electron chi connectivity index (χ2n) is 7.23. The molecular formula is C20H20N6O5S2. The van der Waals surface area contributed by atoms with Crippen molar-refractivity contribution in [3.8, 4) is 5.88 Å². The van der Waals surface area contributed by atoms with Crippen molar-refractivity contribution in [2.75, 3.05) is 38.3 Å². The first kappa shape index (κ1) is 22.9. The highest BCUT2D eigenvalue weighted by atomic mass is 32.1. The van der Waals surface area contributed by atoms with Gasteiger partial charge in [0.05, 0.1) is 29.2 Å². The fourth-order valence-corrected chi connectivity index (χ4v) is 4.53. The maximum atomic E-state index is 12.4. The van der Waals surface area contributed by atoms with Crippen molar-refractivity contribution in [3.05, 3.63) is 54.3 Å². The number of aromatic hydroxyl groups is 1. The molecule has 0 unspecified atom stereocenters. The van der Waals surface area contributed by atoms with Gasteiger partial charge in [-0.3, -0.25) is 25.2 Å². The van der Waals surface area contributed by atoms with Gasteiger partial charge in [0.2, 0.25) is 11.8 Å². The predicted molar refractivity (Wildman–Crippen MR) is 127 cm³/mol. The van der Waals surface area contributed by atoms with E-state index in [1.54, 1.807) is 18.2 Å². The SMILES string of the molecule is O=C(CCN1CCOCC1)Nn1c(O)c(C=C2C=NN=C2c2cccc([N+](=O)[O-])c2)sc1=S. The molecule has 4 rings (SSSR count). The molecule has 1 amide bonds. The minimum absolute atomic E-state index is 0.0640. The standard InChI is InChI=1S/C20H20N6O5S2/c27-17(4-5-24-6-8-31-9-7-24)23-25-19(28)16(33-20(25)32)11-14-12-21-22-18(14)13-2-1-3-15(10-13)26(29)30/h1-3,10-12,28H,4-9H2,(H,23,27). The van der Waals surface area contributed by atoms with Crippen LogP contribution in [0, 0.1) is 14.1 Å². The molecular weight excluding hydrogens is 468 g/mol. The molecule has 3 heterocycles. The van der Waals surface area contributed by atoms with E-state index in [1.807, 2.05) is 0 Å². The predicted octanol–water partition coefficient (Wildman–Crippen LogP) is 2.56. The fraction of sp³-hybridized carbons (Fsp3) is 0.300. The van der Waals surface area contributed by atoms with E-state index < -0.39 is 4.92 Å². The van der Waals surface area contributed by atoms with Crippen LogP contribution in [0.4, 0.5) is 5.69 Å². The summed E-state index contributed by atoms with van der Waals surface area (Å²) in [5.41, 5.74) is 4.07. The monoisotopic (exact) mass is 488 g/mol. The molecule has 1 aromatic carbocycles. The highest BCUT2D eigenvalue weighted by Gasteiger charge is 2.19. The van der Waals surface area contributed by atoms with Crippen LogP contribution in [-0.4, -0.2) is 70.3 Å². The molecule has 1 aromatic heterocycles. The first-order valence-corrected chi connectivity index (χ1v) is 11.3. The average molecular weight is 489 g/mol. The van der Waals surface area contributed by atoms with Crippen molar-refractivity contribution >= 4 is 53.2 Å².